The van der Waals surface area contributed by atoms with E-state index in [1.807, 2.05) is 42.2 Å². The third kappa shape index (κ3) is 3.32. The van der Waals surface area contributed by atoms with Crippen LogP contribution in [0.4, 0.5) is 15.8 Å². The van der Waals surface area contributed by atoms with Crippen molar-refractivity contribution in [2.75, 3.05) is 36.0 Å². The first-order valence-corrected chi connectivity index (χ1v) is 9.32. The van der Waals surface area contributed by atoms with Crippen molar-refractivity contribution >= 4 is 23.2 Å². The van der Waals surface area contributed by atoms with Crippen LogP contribution in [0.1, 0.15) is 12.0 Å². The Morgan fingerprint density at radius 1 is 1.00 bits per heavy atom. The monoisotopic (exact) mass is 368 g/mol. The number of carbonyl (C=O) groups excluding carboxylic acids is 2. The summed E-state index contributed by atoms with van der Waals surface area (Å²) in [7, 11) is 0. The fraction of sp³-hybridized carbons (Fsp3) is 0.333. The van der Waals surface area contributed by atoms with E-state index in [4.69, 9.17) is 0 Å². The molecule has 2 aliphatic rings. The zero-order valence-electron chi connectivity index (χ0n) is 15.3. The van der Waals surface area contributed by atoms with Crippen molar-refractivity contribution in [2.24, 2.45) is 0 Å². The van der Waals surface area contributed by atoms with Crippen LogP contribution >= 0.6 is 0 Å². The van der Waals surface area contributed by atoms with E-state index in [0.717, 1.165) is 10.5 Å². The van der Waals surface area contributed by atoms with E-state index in [2.05, 4.69) is 0 Å². The minimum atomic E-state index is -0.346. The molecule has 1 unspecified atom stereocenters. The van der Waals surface area contributed by atoms with Gasteiger partial charge in [0.25, 0.3) is 5.91 Å². The number of halogens is 1. The highest BCUT2D eigenvalue weighted by Crippen LogP contribution is 2.23. The maximum absolute atomic E-state index is 14.0. The van der Waals surface area contributed by atoms with Crippen LogP contribution in [0.5, 0.6) is 0 Å². The lowest BCUT2D eigenvalue weighted by molar-refractivity contribution is -0.915. The number of imide groups is 1. The Balaban J connectivity index is 1.44. The predicted octanol–water partition coefficient (Wildman–Crippen LogP) is 1.17. The van der Waals surface area contributed by atoms with E-state index in [1.165, 1.54) is 11.0 Å². The van der Waals surface area contributed by atoms with Gasteiger partial charge in [-0.05, 0) is 31.2 Å². The Bertz CT molecular complexity index is 860. The summed E-state index contributed by atoms with van der Waals surface area (Å²) in [6.07, 6.45) is 0.238. The molecule has 0 bridgehead atoms. The molecule has 2 aromatic carbocycles. The van der Waals surface area contributed by atoms with Crippen molar-refractivity contribution in [1.29, 1.82) is 0 Å². The third-order valence-corrected chi connectivity index (χ3v) is 5.53. The first kappa shape index (κ1) is 17.7. The third-order valence-electron chi connectivity index (χ3n) is 5.53. The van der Waals surface area contributed by atoms with Gasteiger partial charge in [-0.1, -0.05) is 29.8 Å². The van der Waals surface area contributed by atoms with Gasteiger partial charge in [-0.3, -0.25) is 9.59 Å². The van der Waals surface area contributed by atoms with Crippen LogP contribution in [0.25, 0.3) is 0 Å². The van der Waals surface area contributed by atoms with E-state index in [9.17, 15) is 14.0 Å². The fourth-order valence-electron chi connectivity index (χ4n) is 4.01. The number of anilines is 2. The zero-order chi connectivity index (χ0) is 19.0. The van der Waals surface area contributed by atoms with Crippen molar-refractivity contribution in [3.05, 3.63) is 59.9 Å². The molecule has 140 valence electrons. The molecule has 27 heavy (non-hydrogen) atoms. The van der Waals surface area contributed by atoms with Gasteiger partial charge in [0, 0.05) is 0 Å². The van der Waals surface area contributed by atoms with Crippen molar-refractivity contribution in [3.63, 3.8) is 0 Å². The van der Waals surface area contributed by atoms with Crippen LogP contribution in [-0.4, -0.2) is 44.0 Å². The molecular formula is C21H23FN3O2+. The molecule has 0 aromatic heterocycles. The molecule has 2 amide bonds. The second-order valence-electron chi connectivity index (χ2n) is 7.26. The first-order chi connectivity index (χ1) is 13.0. The van der Waals surface area contributed by atoms with Crippen molar-refractivity contribution in [2.45, 2.75) is 19.4 Å². The standard InChI is InChI=1S/C21H22FN3O2/c1-15-6-8-16(9-7-15)25-20(26)14-19(21(25)27)24-12-10-23(11-13-24)18-5-3-2-4-17(18)22/h2-9,19H,10-14H2,1H3/p+1. The molecule has 1 N–H and O–H groups in total. The Kier molecular flexibility index (Phi) is 4.66. The summed E-state index contributed by atoms with van der Waals surface area (Å²) in [5.41, 5.74) is 2.33. The van der Waals surface area contributed by atoms with E-state index < -0.39 is 0 Å². The number of nitrogens with one attached hydrogen (secondary N) is 1. The number of rotatable bonds is 3. The number of carbonyl (C=O) groups is 2. The van der Waals surface area contributed by atoms with E-state index in [-0.39, 0.29) is 30.1 Å². The summed E-state index contributed by atoms with van der Waals surface area (Å²) in [4.78, 5) is 29.8. The molecule has 0 saturated carbocycles. The highest BCUT2D eigenvalue weighted by Gasteiger charge is 2.46. The lowest BCUT2D eigenvalue weighted by Gasteiger charge is -2.35. The molecule has 4 rings (SSSR count). The second-order valence-corrected chi connectivity index (χ2v) is 7.26. The molecule has 1 atom stereocenters. The number of quaternary nitrogens is 1. The van der Waals surface area contributed by atoms with Crippen LogP contribution in [0.15, 0.2) is 48.5 Å². The molecule has 6 heteroatoms. The number of hydrogen-bond acceptors (Lipinski definition) is 3. The zero-order valence-corrected chi connectivity index (χ0v) is 15.3. The van der Waals surface area contributed by atoms with Gasteiger partial charge < -0.3 is 9.80 Å². The number of amides is 2. The number of benzene rings is 2. The molecule has 2 heterocycles. The van der Waals surface area contributed by atoms with E-state index in [1.54, 1.807) is 12.1 Å². The minimum absolute atomic E-state index is 0.127. The maximum Gasteiger partial charge on any atom is 0.292 e. The van der Waals surface area contributed by atoms with E-state index in [0.29, 0.717) is 37.6 Å². The van der Waals surface area contributed by atoms with Crippen LogP contribution in [-0.2, 0) is 9.59 Å². The SMILES string of the molecule is Cc1ccc(N2C(=O)CC([NH+]3CCN(c4ccccc4F)CC3)C2=O)cc1. The first-order valence-electron chi connectivity index (χ1n) is 9.32. The van der Waals surface area contributed by atoms with Gasteiger partial charge in [-0.2, -0.15) is 0 Å². The normalized spacial score (nSPS) is 21.2. The van der Waals surface area contributed by atoms with Gasteiger partial charge >= 0.3 is 0 Å². The van der Waals surface area contributed by atoms with Gasteiger partial charge in [-0.15, -0.1) is 0 Å². The summed E-state index contributed by atoms with van der Waals surface area (Å²) in [5, 5.41) is 0. The largest absolute Gasteiger partial charge is 0.358 e. The smallest absolute Gasteiger partial charge is 0.292 e. The fourth-order valence-corrected chi connectivity index (χ4v) is 4.01. The Hall–Kier alpha value is -2.73. The molecule has 0 radical (unpaired) electrons. The van der Waals surface area contributed by atoms with E-state index >= 15 is 0 Å². The van der Waals surface area contributed by atoms with Crippen molar-refractivity contribution in [3.8, 4) is 0 Å². The van der Waals surface area contributed by atoms with Gasteiger partial charge in [0.1, 0.15) is 5.82 Å². The van der Waals surface area contributed by atoms with Gasteiger partial charge in [0.05, 0.1) is 44.0 Å². The number of piperazine rings is 1. The maximum atomic E-state index is 14.0. The average Bonchev–Trinajstić information content (AvgIpc) is 2.97. The molecule has 2 saturated heterocycles. The van der Waals surface area contributed by atoms with Crippen molar-refractivity contribution in [1.82, 2.24) is 0 Å². The highest BCUT2D eigenvalue weighted by molar-refractivity contribution is 6.21. The van der Waals surface area contributed by atoms with Crippen LogP contribution in [0.3, 0.4) is 0 Å². The van der Waals surface area contributed by atoms with Crippen LogP contribution in [0, 0.1) is 12.7 Å². The highest BCUT2D eigenvalue weighted by atomic mass is 19.1. The summed E-state index contributed by atoms with van der Waals surface area (Å²) >= 11 is 0. The quantitative estimate of drug-likeness (QED) is 0.828. The topological polar surface area (TPSA) is 45.1 Å². The molecule has 2 aromatic rings. The van der Waals surface area contributed by atoms with Crippen LogP contribution < -0.4 is 14.7 Å². The predicted molar refractivity (Wildman–Crippen MR) is 101 cm³/mol. The Labute approximate surface area is 158 Å². The molecule has 2 aliphatic heterocycles. The second kappa shape index (κ2) is 7.12. The van der Waals surface area contributed by atoms with Crippen LogP contribution in [0.2, 0.25) is 0 Å². The Morgan fingerprint density at radius 3 is 2.33 bits per heavy atom. The molecule has 2 fully saturated rings. The number of para-hydroxylation sites is 1. The van der Waals surface area contributed by atoms with Gasteiger partial charge in [0.2, 0.25) is 5.91 Å². The molecule has 0 aliphatic carbocycles. The average molecular weight is 368 g/mol. The lowest BCUT2D eigenvalue weighted by Crippen LogP contribution is -3.19. The molecule has 0 spiro atoms. The summed E-state index contributed by atoms with van der Waals surface area (Å²) < 4.78 is 14.0. The summed E-state index contributed by atoms with van der Waals surface area (Å²) in [6.45, 7) is 4.72. The molecular weight excluding hydrogens is 345 g/mol. The van der Waals surface area contributed by atoms with Gasteiger partial charge in [0.15, 0.2) is 6.04 Å². The summed E-state index contributed by atoms with van der Waals surface area (Å²) in [6, 6.07) is 13.9. The summed E-state index contributed by atoms with van der Waals surface area (Å²) in [5.74, 6) is -0.491. The Morgan fingerprint density at radius 2 is 1.67 bits per heavy atom. The molecule has 5 nitrogen and oxygen atoms in total. The van der Waals surface area contributed by atoms with Crippen molar-refractivity contribution < 1.29 is 18.9 Å². The number of nitrogens with zero attached hydrogens (tertiary/aromatic N) is 2. The van der Waals surface area contributed by atoms with Gasteiger partial charge in [-0.25, -0.2) is 9.29 Å². The minimum Gasteiger partial charge on any atom is -0.358 e. The lowest BCUT2D eigenvalue weighted by atomic mass is 10.1. The number of aryl methyl sites for hydroxylation is 1. The number of hydrogen-bond donors (Lipinski definition) is 1.